The second-order valence-electron chi connectivity index (χ2n) is 4.29. The smallest absolute Gasteiger partial charge is 0.323 e. The van der Waals surface area contributed by atoms with Crippen LogP contribution >= 0.6 is 15.9 Å². The molecule has 1 N–H and O–H groups in total. The molecule has 4 nitrogen and oxygen atoms in total. The van der Waals surface area contributed by atoms with Gasteiger partial charge in [0, 0.05) is 24.5 Å². The Bertz CT molecular complexity index is 407. The largest absolute Gasteiger partial charge is 0.460 e. The molecule has 0 amide bonds. The van der Waals surface area contributed by atoms with Crippen molar-refractivity contribution in [2.45, 2.75) is 25.2 Å². The third-order valence-corrected chi connectivity index (χ3v) is 3.53. The Morgan fingerprint density at radius 3 is 2.78 bits per heavy atom. The molecule has 0 radical (unpaired) electrons. The topological polar surface area (TPSA) is 47.6 Å². The molecule has 0 saturated carbocycles. The Hall–Kier alpha value is -0.910. The molecule has 0 bridgehead atoms. The molecule has 0 aromatic heterocycles. The van der Waals surface area contributed by atoms with Gasteiger partial charge in [0.1, 0.15) is 12.6 Å². The molecule has 5 heteroatoms. The lowest BCUT2D eigenvalue weighted by Crippen LogP contribution is -2.32. The molecular weight excluding hydrogens is 298 g/mol. The zero-order valence-electron chi connectivity index (χ0n) is 10.2. The van der Waals surface area contributed by atoms with Crippen molar-refractivity contribution in [1.29, 1.82) is 0 Å². The molecule has 1 aromatic rings. The quantitative estimate of drug-likeness (QED) is 0.862. The van der Waals surface area contributed by atoms with E-state index in [-0.39, 0.29) is 18.1 Å². The first kappa shape index (κ1) is 13.5. The summed E-state index contributed by atoms with van der Waals surface area (Å²) in [6.07, 6.45) is 0.783. The zero-order valence-corrected chi connectivity index (χ0v) is 11.8. The second-order valence-corrected chi connectivity index (χ2v) is 5.20. The van der Waals surface area contributed by atoms with Gasteiger partial charge in [0.05, 0.1) is 6.10 Å². The van der Waals surface area contributed by atoms with Gasteiger partial charge in [-0.25, -0.2) is 0 Å². The van der Waals surface area contributed by atoms with Crippen LogP contribution in [-0.2, 0) is 20.9 Å². The highest BCUT2D eigenvalue weighted by atomic mass is 79.9. The lowest BCUT2D eigenvalue weighted by molar-refractivity contribution is -0.147. The molecule has 2 unspecified atom stereocenters. The number of carbonyl (C=O) groups excluding carboxylic acids is 1. The molecular formula is C13H16BrNO3. The molecule has 1 heterocycles. The number of rotatable bonds is 4. The van der Waals surface area contributed by atoms with E-state index in [9.17, 15) is 4.79 Å². The van der Waals surface area contributed by atoms with E-state index in [1.807, 2.05) is 24.3 Å². The Labute approximate surface area is 115 Å². The molecule has 1 aliphatic rings. The fourth-order valence-electron chi connectivity index (χ4n) is 1.90. The predicted octanol–water partition coefficient (Wildman–Crippen LogP) is 1.87. The molecule has 0 spiro atoms. The van der Waals surface area contributed by atoms with Gasteiger partial charge in [0.2, 0.25) is 0 Å². The van der Waals surface area contributed by atoms with Crippen molar-refractivity contribution in [3.05, 3.63) is 34.3 Å². The molecule has 98 valence electrons. The van der Waals surface area contributed by atoms with Crippen LogP contribution in [-0.4, -0.2) is 31.8 Å². The summed E-state index contributed by atoms with van der Waals surface area (Å²) in [6, 6.07) is 7.47. The van der Waals surface area contributed by atoms with Crippen LogP contribution in [0.3, 0.4) is 0 Å². The molecule has 1 fully saturated rings. The number of ether oxygens (including phenoxy) is 2. The van der Waals surface area contributed by atoms with Crippen molar-refractivity contribution in [2.24, 2.45) is 0 Å². The number of nitrogens with one attached hydrogen (secondary N) is 1. The number of hydrogen-bond acceptors (Lipinski definition) is 4. The van der Waals surface area contributed by atoms with Crippen molar-refractivity contribution in [3.8, 4) is 0 Å². The van der Waals surface area contributed by atoms with Gasteiger partial charge in [-0.1, -0.05) is 28.1 Å². The lowest BCUT2D eigenvalue weighted by atomic mass is 10.2. The number of esters is 1. The summed E-state index contributed by atoms with van der Waals surface area (Å²) in [5.74, 6) is -0.211. The molecule has 1 aliphatic heterocycles. The first-order valence-electron chi connectivity index (χ1n) is 5.86. The summed E-state index contributed by atoms with van der Waals surface area (Å²) in [4.78, 5) is 11.8. The van der Waals surface area contributed by atoms with E-state index < -0.39 is 0 Å². The maximum Gasteiger partial charge on any atom is 0.323 e. The number of methoxy groups -OCH3 is 1. The van der Waals surface area contributed by atoms with E-state index >= 15 is 0 Å². The van der Waals surface area contributed by atoms with Gasteiger partial charge in [0.15, 0.2) is 0 Å². The van der Waals surface area contributed by atoms with E-state index in [1.165, 1.54) is 0 Å². The minimum Gasteiger partial charge on any atom is -0.460 e. The highest BCUT2D eigenvalue weighted by molar-refractivity contribution is 9.10. The summed E-state index contributed by atoms with van der Waals surface area (Å²) in [5.41, 5.74) is 0.979. The van der Waals surface area contributed by atoms with Crippen LogP contribution in [0.25, 0.3) is 0 Å². The molecule has 2 rings (SSSR count). The Morgan fingerprint density at radius 2 is 2.17 bits per heavy atom. The van der Waals surface area contributed by atoms with E-state index in [1.54, 1.807) is 7.11 Å². The van der Waals surface area contributed by atoms with Gasteiger partial charge < -0.3 is 14.8 Å². The zero-order chi connectivity index (χ0) is 13.0. The average Bonchev–Trinajstić information content (AvgIpc) is 2.86. The Kier molecular flexibility index (Phi) is 4.74. The van der Waals surface area contributed by atoms with Crippen molar-refractivity contribution in [1.82, 2.24) is 5.32 Å². The first-order chi connectivity index (χ1) is 8.69. The Balaban J connectivity index is 1.80. The van der Waals surface area contributed by atoms with E-state index in [4.69, 9.17) is 9.47 Å². The summed E-state index contributed by atoms with van der Waals surface area (Å²) in [6.45, 7) is 1.01. The first-order valence-corrected chi connectivity index (χ1v) is 6.65. The molecule has 2 atom stereocenters. The van der Waals surface area contributed by atoms with Crippen LogP contribution in [0.1, 0.15) is 12.0 Å². The highest BCUT2D eigenvalue weighted by Gasteiger charge is 2.30. The van der Waals surface area contributed by atoms with Crippen LogP contribution < -0.4 is 5.32 Å². The summed E-state index contributed by atoms with van der Waals surface area (Å²) < 4.78 is 11.5. The number of halogens is 1. The van der Waals surface area contributed by atoms with Crippen molar-refractivity contribution in [2.75, 3.05) is 13.7 Å². The minimum absolute atomic E-state index is 0.107. The normalized spacial score (nSPS) is 23.0. The van der Waals surface area contributed by atoms with Gasteiger partial charge in [-0.2, -0.15) is 0 Å². The maximum absolute atomic E-state index is 11.8. The second kappa shape index (κ2) is 6.31. The van der Waals surface area contributed by atoms with E-state index in [0.29, 0.717) is 19.6 Å². The predicted molar refractivity (Wildman–Crippen MR) is 71.1 cm³/mol. The average molecular weight is 314 g/mol. The summed E-state index contributed by atoms with van der Waals surface area (Å²) in [5, 5.41) is 3.10. The van der Waals surface area contributed by atoms with Gasteiger partial charge in [-0.15, -0.1) is 0 Å². The monoisotopic (exact) mass is 313 g/mol. The summed E-state index contributed by atoms with van der Waals surface area (Å²) >= 11 is 3.36. The minimum atomic E-state index is -0.245. The van der Waals surface area contributed by atoms with Crippen molar-refractivity contribution < 1.29 is 14.3 Å². The van der Waals surface area contributed by atoms with E-state index in [2.05, 4.69) is 21.2 Å². The number of benzene rings is 1. The fourth-order valence-corrected chi connectivity index (χ4v) is 2.16. The third-order valence-electron chi connectivity index (χ3n) is 3.00. The van der Waals surface area contributed by atoms with Gasteiger partial charge in [-0.3, -0.25) is 4.79 Å². The number of carbonyl (C=O) groups is 1. The molecule has 1 aromatic carbocycles. The van der Waals surface area contributed by atoms with Crippen LogP contribution in [0.4, 0.5) is 0 Å². The third kappa shape index (κ3) is 3.54. The van der Waals surface area contributed by atoms with E-state index in [0.717, 1.165) is 10.0 Å². The van der Waals surface area contributed by atoms with Crippen LogP contribution in [0.15, 0.2) is 28.7 Å². The van der Waals surface area contributed by atoms with Crippen LogP contribution in [0, 0.1) is 0 Å². The fraction of sp³-hybridized carbons (Fsp3) is 0.462. The Morgan fingerprint density at radius 1 is 1.44 bits per heavy atom. The van der Waals surface area contributed by atoms with Gasteiger partial charge in [0.25, 0.3) is 0 Å². The standard InChI is InChI=1S/C13H16BrNO3/c1-17-11-6-12(15-7-11)13(16)18-8-9-2-4-10(14)5-3-9/h2-5,11-12,15H,6-8H2,1H3. The molecule has 1 saturated heterocycles. The van der Waals surface area contributed by atoms with Gasteiger partial charge in [-0.05, 0) is 17.7 Å². The van der Waals surface area contributed by atoms with Gasteiger partial charge >= 0.3 is 5.97 Å². The van der Waals surface area contributed by atoms with Crippen molar-refractivity contribution >= 4 is 21.9 Å². The van der Waals surface area contributed by atoms with Crippen molar-refractivity contribution in [3.63, 3.8) is 0 Å². The highest BCUT2D eigenvalue weighted by Crippen LogP contribution is 2.14. The maximum atomic E-state index is 11.8. The van der Waals surface area contributed by atoms with Crippen LogP contribution in [0.5, 0.6) is 0 Å². The SMILES string of the molecule is COC1CNC(C(=O)OCc2ccc(Br)cc2)C1. The number of hydrogen-bond donors (Lipinski definition) is 1. The molecule has 0 aliphatic carbocycles. The van der Waals surface area contributed by atoms with Crippen LogP contribution in [0.2, 0.25) is 0 Å². The summed E-state index contributed by atoms with van der Waals surface area (Å²) in [7, 11) is 1.65. The molecule has 18 heavy (non-hydrogen) atoms. The lowest BCUT2D eigenvalue weighted by Gasteiger charge is -2.10.